The van der Waals surface area contributed by atoms with Gasteiger partial charge in [-0.15, -0.1) is 0 Å². The molecule has 0 atom stereocenters. The molecule has 2 rings (SSSR count). The highest BCUT2D eigenvalue weighted by atomic mass is 32.2. The fourth-order valence-corrected chi connectivity index (χ4v) is 2.58. The lowest BCUT2D eigenvalue weighted by atomic mass is 10.2. The Kier molecular flexibility index (Phi) is 3.63. The zero-order chi connectivity index (χ0) is 14.0. The lowest BCUT2D eigenvalue weighted by Gasteiger charge is -2.07. The molecule has 0 aliphatic carbocycles. The van der Waals surface area contributed by atoms with Crippen LogP contribution in [0.1, 0.15) is 0 Å². The van der Waals surface area contributed by atoms with E-state index in [0.29, 0.717) is 16.7 Å². The third-order valence-electron chi connectivity index (χ3n) is 2.42. The molecule has 0 saturated carbocycles. The first kappa shape index (κ1) is 13.6. The number of halogens is 2. The SMILES string of the molecule is Nc1ccc2cc(S(=O)(=O)NCC(F)F)ccc2n1. The Balaban J connectivity index is 2.38. The second kappa shape index (κ2) is 5.06. The maximum atomic E-state index is 12.0. The molecule has 0 bridgehead atoms. The molecular weight excluding hydrogens is 276 g/mol. The van der Waals surface area contributed by atoms with Gasteiger partial charge in [0.05, 0.1) is 17.0 Å². The van der Waals surface area contributed by atoms with Gasteiger partial charge in [0.1, 0.15) is 5.82 Å². The molecule has 5 nitrogen and oxygen atoms in total. The molecule has 1 heterocycles. The average Bonchev–Trinajstić information content (AvgIpc) is 2.36. The van der Waals surface area contributed by atoms with Crippen LogP contribution in [0.3, 0.4) is 0 Å². The molecule has 1 aromatic carbocycles. The van der Waals surface area contributed by atoms with E-state index in [4.69, 9.17) is 5.73 Å². The number of benzene rings is 1. The number of sulfonamides is 1. The van der Waals surface area contributed by atoms with Crippen molar-refractivity contribution in [3.63, 3.8) is 0 Å². The van der Waals surface area contributed by atoms with Crippen LogP contribution >= 0.6 is 0 Å². The van der Waals surface area contributed by atoms with Gasteiger partial charge in [0, 0.05) is 5.39 Å². The Morgan fingerprint density at radius 2 is 2.00 bits per heavy atom. The van der Waals surface area contributed by atoms with Crippen molar-refractivity contribution in [2.75, 3.05) is 12.3 Å². The predicted molar refractivity (Wildman–Crippen MR) is 67.3 cm³/mol. The molecule has 0 amide bonds. The average molecular weight is 287 g/mol. The number of alkyl halides is 2. The first-order valence-electron chi connectivity index (χ1n) is 5.32. The topological polar surface area (TPSA) is 85.1 Å². The van der Waals surface area contributed by atoms with Crippen molar-refractivity contribution in [1.29, 1.82) is 0 Å². The van der Waals surface area contributed by atoms with Crippen molar-refractivity contribution in [2.24, 2.45) is 0 Å². The molecule has 0 radical (unpaired) electrons. The lowest BCUT2D eigenvalue weighted by molar-refractivity contribution is 0.153. The third-order valence-corrected chi connectivity index (χ3v) is 3.84. The predicted octanol–water partition coefficient (Wildman–Crippen LogP) is 1.36. The summed E-state index contributed by atoms with van der Waals surface area (Å²) in [5.74, 6) is 0.318. The van der Waals surface area contributed by atoms with E-state index in [-0.39, 0.29) is 4.90 Å². The van der Waals surface area contributed by atoms with Gasteiger partial charge >= 0.3 is 0 Å². The summed E-state index contributed by atoms with van der Waals surface area (Å²) in [4.78, 5) is 3.93. The second-order valence-corrected chi connectivity index (χ2v) is 5.60. The minimum absolute atomic E-state index is 0.0905. The number of nitrogens with one attached hydrogen (secondary N) is 1. The van der Waals surface area contributed by atoms with E-state index in [0.717, 1.165) is 0 Å². The Morgan fingerprint density at radius 3 is 2.68 bits per heavy atom. The van der Waals surface area contributed by atoms with Crippen LogP contribution in [0.25, 0.3) is 10.9 Å². The molecule has 19 heavy (non-hydrogen) atoms. The zero-order valence-electron chi connectivity index (χ0n) is 9.68. The van der Waals surface area contributed by atoms with E-state index in [1.165, 1.54) is 24.3 Å². The quantitative estimate of drug-likeness (QED) is 0.889. The van der Waals surface area contributed by atoms with Crippen LogP contribution < -0.4 is 10.5 Å². The standard InChI is InChI=1S/C11H11F2N3O2S/c12-10(13)6-15-19(17,18)8-2-3-9-7(5-8)1-4-11(14)16-9/h1-5,10,15H,6H2,(H2,14,16). The highest BCUT2D eigenvalue weighted by Crippen LogP contribution is 2.18. The summed E-state index contributed by atoms with van der Waals surface area (Å²) in [5.41, 5.74) is 6.04. The normalized spacial score (nSPS) is 12.2. The number of fused-ring (bicyclic) bond motifs is 1. The van der Waals surface area contributed by atoms with Gasteiger partial charge in [-0.3, -0.25) is 0 Å². The lowest BCUT2D eigenvalue weighted by Crippen LogP contribution is -2.28. The van der Waals surface area contributed by atoms with E-state index < -0.39 is 23.0 Å². The molecule has 0 aliphatic heterocycles. The second-order valence-electron chi connectivity index (χ2n) is 3.83. The van der Waals surface area contributed by atoms with Crippen molar-refractivity contribution in [3.8, 4) is 0 Å². The van der Waals surface area contributed by atoms with E-state index in [2.05, 4.69) is 4.98 Å². The van der Waals surface area contributed by atoms with Crippen LogP contribution in [0.15, 0.2) is 35.2 Å². The summed E-state index contributed by atoms with van der Waals surface area (Å²) in [6.07, 6.45) is -2.74. The van der Waals surface area contributed by atoms with Crippen LogP contribution in [-0.2, 0) is 10.0 Å². The van der Waals surface area contributed by atoms with Gasteiger partial charge in [0.15, 0.2) is 0 Å². The summed E-state index contributed by atoms with van der Waals surface area (Å²) >= 11 is 0. The number of nitrogens with zero attached hydrogens (tertiary/aromatic N) is 1. The Labute approximate surface area is 108 Å². The van der Waals surface area contributed by atoms with E-state index in [9.17, 15) is 17.2 Å². The molecule has 2 aromatic rings. The van der Waals surface area contributed by atoms with Crippen molar-refractivity contribution in [2.45, 2.75) is 11.3 Å². The monoisotopic (exact) mass is 287 g/mol. The zero-order valence-corrected chi connectivity index (χ0v) is 10.5. The third kappa shape index (κ3) is 3.15. The van der Waals surface area contributed by atoms with Crippen LogP contribution in [0.5, 0.6) is 0 Å². The Bertz CT molecular complexity index is 704. The fourth-order valence-electron chi connectivity index (χ4n) is 1.54. The van der Waals surface area contributed by atoms with Crippen LogP contribution in [-0.4, -0.2) is 26.4 Å². The number of anilines is 1. The number of rotatable bonds is 4. The van der Waals surface area contributed by atoms with Crippen molar-refractivity contribution < 1.29 is 17.2 Å². The van der Waals surface area contributed by atoms with Crippen LogP contribution in [0.4, 0.5) is 14.6 Å². The highest BCUT2D eigenvalue weighted by molar-refractivity contribution is 7.89. The molecule has 1 aromatic heterocycles. The van der Waals surface area contributed by atoms with Gasteiger partial charge in [-0.05, 0) is 30.3 Å². The van der Waals surface area contributed by atoms with Gasteiger partial charge in [0.2, 0.25) is 10.0 Å². The molecule has 0 fully saturated rings. The minimum atomic E-state index is -3.95. The summed E-state index contributed by atoms with van der Waals surface area (Å²) in [6, 6.07) is 7.27. The van der Waals surface area contributed by atoms with Gasteiger partial charge in [-0.25, -0.2) is 26.9 Å². The number of nitrogen functional groups attached to an aromatic ring is 1. The largest absolute Gasteiger partial charge is 0.384 e. The molecule has 0 saturated heterocycles. The Hall–Kier alpha value is -1.80. The molecule has 0 unspecified atom stereocenters. The summed E-state index contributed by atoms with van der Waals surface area (Å²) < 4.78 is 49.4. The number of aromatic nitrogens is 1. The van der Waals surface area contributed by atoms with Crippen LogP contribution in [0, 0.1) is 0 Å². The van der Waals surface area contributed by atoms with Crippen molar-refractivity contribution in [1.82, 2.24) is 9.71 Å². The highest BCUT2D eigenvalue weighted by Gasteiger charge is 2.16. The van der Waals surface area contributed by atoms with Gasteiger partial charge in [-0.2, -0.15) is 0 Å². The summed E-state index contributed by atoms with van der Waals surface area (Å²) in [5, 5.41) is 0.564. The smallest absolute Gasteiger partial charge is 0.251 e. The van der Waals surface area contributed by atoms with E-state index in [1.54, 1.807) is 6.07 Å². The molecule has 3 N–H and O–H groups in total. The molecule has 0 spiro atoms. The molecule has 8 heteroatoms. The fraction of sp³-hybridized carbons (Fsp3) is 0.182. The Morgan fingerprint density at radius 1 is 1.26 bits per heavy atom. The molecule has 0 aliphatic rings. The maximum absolute atomic E-state index is 12.0. The van der Waals surface area contributed by atoms with Crippen LogP contribution in [0.2, 0.25) is 0 Å². The van der Waals surface area contributed by atoms with Crippen molar-refractivity contribution in [3.05, 3.63) is 30.3 Å². The van der Waals surface area contributed by atoms with Gasteiger partial charge in [0.25, 0.3) is 6.43 Å². The maximum Gasteiger partial charge on any atom is 0.251 e. The minimum Gasteiger partial charge on any atom is -0.384 e. The van der Waals surface area contributed by atoms with Gasteiger partial charge < -0.3 is 5.73 Å². The van der Waals surface area contributed by atoms with E-state index in [1.807, 2.05) is 4.72 Å². The number of hydrogen-bond donors (Lipinski definition) is 2. The number of hydrogen-bond acceptors (Lipinski definition) is 4. The summed E-state index contributed by atoms with van der Waals surface area (Å²) in [7, 11) is -3.95. The first-order chi connectivity index (χ1) is 8.88. The first-order valence-corrected chi connectivity index (χ1v) is 6.81. The van der Waals surface area contributed by atoms with E-state index >= 15 is 0 Å². The molecule has 102 valence electrons. The number of pyridine rings is 1. The van der Waals surface area contributed by atoms with Crippen molar-refractivity contribution >= 4 is 26.7 Å². The molecular formula is C11H11F2N3O2S. The van der Waals surface area contributed by atoms with Gasteiger partial charge in [-0.1, -0.05) is 0 Å². The number of nitrogens with two attached hydrogens (primary N) is 1. The summed E-state index contributed by atoms with van der Waals surface area (Å²) in [6.45, 7) is -0.916.